The molecular weight excluding hydrogens is 819 g/mol. The van der Waals surface area contributed by atoms with Gasteiger partial charge >= 0.3 is 0 Å². The van der Waals surface area contributed by atoms with Crippen LogP contribution in [-0.2, 0) is 5.41 Å². The van der Waals surface area contributed by atoms with Crippen molar-refractivity contribution in [2.45, 2.75) is 19.3 Å². The summed E-state index contributed by atoms with van der Waals surface area (Å²) in [5.74, 6) is 0. The van der Waals surface area contributed by atoms with E-state index in [-0.39, 0.29) is 5.41 Å². The maximum Gasteiger partial charge on any atom is 0.143 e. The first-order chi connectivity index (χ1) is 32.5. The molecule has 66 heavy (non-hydrogen) atoms. The summed E-state index contributed by atoms with van der Waals surface area (Å²) in [7, 11) is 0. The predicted molar refractivity (Wildman–Crippen MR) is 281 cm³/mol. The van der Waals surface area contributed by atoms with E-state index in [0.717, 1.165) is 44.6 Å². The van der Waals surface area contributed by atoms with Crippen LogP contribution >= 0.6 is 11.3 Å². The smallest absolute Gasteiger partial charge is 0.143 e. The van der Waals surface area contributed by atoms with E-state index in [1.807, 2.05) is 17.4 Å². The fraction of sp³-hybridized carbons (Fsp3) is 0.0476. The third-order valence-electron chi connectivity index (χ3n) is 13.9. The van der Waals surface area contributed by atoms with Gasteiger partial charge in [-0.2, -0.15) is 0 Å². The van der Waals surface area contributed by atoms with E-state index < -0.39 is 0 Å². The van der Waals surface area contributed by atoms with E-state index in [1.165, 1.54) is 81.4 Å². The van der Waals surface area contributed by atoms with Crippen molar-refractivity contribution in [2.24, 2.45) is 0 Å². The fourth-order valence-electron chi connectivity index (χ4n) is 10.6. The number of thiophene rings is 1. The molecule has 0 unspecified atom stereocenters. The molecule has 0 aliphatic heterocycles. The average molecular weight is 862 g/mol. The van der Waals surface area contributed by atoms with Crippen molar-refractivity contribution in [1.29, 1.82) is 0 Å². The van der Waals surface area contributed by atoms with Crippen molar-refractivity contribution in [3.8, 4) is 55.6 Å². The highest BCUT2D eigenvalue weighted by Crippen LogP contribution is 2.52. The molecule has 13 rings (SSSR count). The third-order valence-corrected chi connectivity index (χ3v) is 15.0. The number of nitrogens with zero attached hydrogens (tertiary/aromatic N) is 1. The van der Waals surface area contributed by atoms with Crippen LogP contribution in [0.2, 0.25) is 0 Å². The average Bonchev–Trinajstić information content (AvgIpc) is 4.01. The lowest BCUT2D eigenvalue weighted by atomic mass is 9.81. The molecule has 3 heteroatoms. The zero-order valence-electron chi connectivity index (χ0n) is 36.6. The molecule has 2 nitrogen and oxygen atoms in total. The molecule has 0 N–H and O–H groups in total. The van der Waals surface area contributed by atoms with Crippen LogP contribution in [0.25, 0.3) is 97.7 Å². The summed E-state index contributed by atoms with van der Waals surface area (Å²) in [6.45, 7) is 4.72. The van der Waals surface area contributed by atoms with Gasteiger partial charge < -0.3 is 9.32 Å². The number of hydrogen-bond donors (Lipinski definition) is 0. The van der Waals surface area contributed by atoms with E-state index in [1.54, 1.807) is 0 Å². The number of hydrogen-bond acceptors (Lipinski definition) is 3. The Labute approximate surface area is 388 Å². The monoisotopic (exact) mass is 861 g/mol. The van der Waals surface area contributed by atoms with Gasteiger partial charge in [-0.05, 0) is 116 Å². The highest BCUT2D eigenvalue weighted by Gasteiger charge is 2.36. The Hall–Kier alpha value is -7.98. The van der Waals surface area contributed by atoms with Crippen LogP contribution in [0.4, 0.5) is 17.1 Å². The van der Waals surface area contributed by atoms with E-state index in [2.05, 4.69) is 237 Å². The van der Waals surface area contributed by atoms with Crippen molar-refractivity contribution in [3.05, 3.63) is 236 Å². The molecule has 0 radical (unpaired) electrons. The summed E-state index contributed by atoms with van der Waals surface area (Å²) >= 11 is 1.86. The first kappa shape index (κ1) is 38.5. The Morgan fingerprint density at radius 1 is 0.364 bits per heavy atom. The van der Waals surface area contributed by atoms with Crippen LogP contribution in [0.1, 0.15) is 25.0 Å². The predicted octanol–water partition coefficient (Wildman–Crippen LogP) is 18.4. The molecule has 0 fully saturated rings. The molecule has 0 bridgehead atoms. The zero-order valence-corrected chi connectivity index (χ0v) is 37.4. The van der Waals surface area contributed by atoms with Gasteiger partial charge in [0.2, 0.25) is 0 Å². The molecule has 312 valence electrons. The minimum absolute atomic E-state index is 0.158. The highest BCUT2D eigenvalue weighted by molar-refractivity contribution is 7.25. The number of benzene rings is 10. The Morgan fingerprint density at radius 3 is 1.89 bits per heavy atom. The number of rotatable bonds is 7. The van der Waals surface area contributed by atoms with Gasteiger partial charge in [0.25, 0.3) is 0 Å². The summed E-state index contributed by atoms with van der Waals surface area (Å²) in [6.07, 6.45) is 0. The quantitative estimate of drug-likeness (QED) is 0.159. The first-order valence-corrected chi connectivity index (χ1v) is 23.5. The minimum atomic E-state index is -0.158. The van der Waals surface area contributed by atoms with Gasteiger partial charge in [0, 0.05) is 58.9 Å². The second-order valence-corrected chi connectivity index (χ2v) is 19.1. The molecule has 0 amide bonds. The minimum Gasteiger partial charge on any atom is -0.455 e. The topological polar surface area (TPSA) is 16.4 Å². The highest BCUT2D eigenvalue weighted by atomic mass is 32.1. The number of fused-ring (bicyclic) bond motifs is 9. The third kappa shape index (κ3) is 6.15. The molecule has 1 aliphatic carbocycles. The van der Waals surface area contributed by atoms with Gasteiger partial charge in [-0.1, -0.05) is 178 Å². The van der Waals surface area contributed by atoms with Crippen LogP contribution in [0.5, 0.6) is 0 Å². The van der Waals surface area contributed by atoms with E-state index >= 15 is 0 Å². The van der Waals surface area contributed by atoms with E-state index in [4.69, 9.17) is 4.42 Å². The summed E-state index contributed by atoms with van der Waals surface area (Å²) in [5.41, 5.74) is 19.8. The second kappa shape index (κ2) is 15.1. The lowest BCUT2D eigenvalue weighted by Crippen LogP contribution is -2.15. The maximum absolute atomic E-state index is 6.48. The molecule has 10 aromatic carbocycles. The number of furan rings is 1. The Morgan fingerprint density at radius 2 is 1.00 bits per heavy atom. The van der Waals surface area contributed by atoms with Gasteiger partial charge in [0.15, 0.2) is 0 Å². The van der Waals surface area contributed by atoms with E-state index in [0.29, 0.717) is 0 Å². The SMILES string of the molecule is CC1(C)c2ccc(-c3ccc(N(c4cccc(-c5ccccc5)c4)c4ccccc4-c4ccc5c(c4)sc4ccccc45)cc3)cc2-c2ccc(-c3cccc4c3oc3ccccc34)cc21. The van der Waals surface area contributed by atoms with Crippen LogP contribution in [0.3, 0.4) is 0 Å². The lowest BCUT2D eigenvalue weighted by molar-refractivity contribution is 0.660. The zero-order chi connectivity index (χ0) is 43.9. The van der Waals surface area contributed by atoms with Gasteiger partial charge in [0.1, 0.15) is 11.2 Å². The van der Waals surface area contributed by atoms with Crippen molar-refractivity contribution in [2.75, 3.05) is 4.90 Å². The van der Waals surface area contributed by atoms with Crippen LogP contribution < -0.4 is 4.90 Å². The van der Waals surface area contributed by atoms with E-state index in [9.17, 15) is 0 Å². The van der Waals surface area contributed by atoms with Gasteiger partial charge in [-0.3, -0.25) is 0 Å². The molecule has 0 spiro atoms. The number of para-hydroxylation sites is 3. The number of anilines is 3. The molecule has 2 heterocycles. The molecule has 0 atom stereocenters. The lowest BCUT2D eigenvalue weighted by Gasteiger charge is -2.28. The summed E-state index contributed by atoms with van der Waals surface area (Å²) in [6, 6.07) is 82.1. The summed E-state index contributed by atoms with van der Waals surface area (Å²) in [4.78, 5) is 2.42. The standard InChI is InChI=1S/C63H43NOS/c1-63(2)56-35-30-43(37-55(56)50-33-28-44(38-57(50)63)49-21-13-22-54-51-19-7-10-24-59(51)65-62(49)54)41-26-31-46(32-27-41)64(47-17-12-16-42(36-47)40-14-4-3-5-15-40)58-23-9-6-18-48(58)45-29-34-53-52-20-8-11-25-60(52)66-61(53)39-45/h3-39H,1-2H3. The summed E-state index contributed by atoms with van der Waals surface area (Å²) < 4.78 is 9.09. The molecular formula is C63H43NOS. The van der Waals surface area contributed by atoms with Gasteiger partial charge in [-0.25, -0.2) is 0 Å². The fourth-order valence-corrected chi connectivity index (χ4v) is 11.7. The van der Waals surface area contributed by atoms with Crippen molar-refractivity contribution < 1.29 is 4.42 Å². The second-order valence-electron chi connectivity index (χ2n) is 18.1. The van der Waals surface area contributed by atoms with Gasteiger partial charge in [0.05, 0.1) is 5.69 Å². The largest absolute Gasteiger partial charge is 0.455 e. The normalized spacial score (nSPS) is 12.8. The van der Waals surface area contributed by atoms with Crippen molar-refractivity contribution in [1.82, 2.24) is 0 Å². The molecule has 0 saturated heterocycles. The molecule has 0 saturated carbocycles. The Kier molecular flexibility index (Phi) is 8.78. The molecule has 1 aliphatic rings. The van der Waals surface area contributed by atoms with Crippen LogP contribution in [0, 0.1) is 0 Å². The molecule has 12 aromatic rings. The molecule has 2 aromatic heterocycles. The maximum atomic E-state index is 6.48. The van der Waals surface area contributed by atoms with Crippen molar-refractivity contribution in [3.63, 3.8) is 0 Å². The van der Waals surface area contributed by atoms with Crippen LogP contribution in [0.15, 0.2) is 229 Å². The van der Waals surface area contributed by atoms with Gasteiger partial charge in [-0.15, -0.1) is 11.3 Å². The summed E-state index contributed by atoms with van der Waals surface area (Å²) in [5, 5.41) is 4.93. The van der Waals surface area contributed by atoms with Crippen molar-refractivity contribution >= 4 is 70.5 Å². The first-order valence-electron chi connectivity index (χ1n) is 22.7. The Bertz CT molecular complexity index is 3850. The van der Waals surface area contributed by atoms with Crippen LogP contribution in [-0.4, -0.2) is 0 Å². The Balaban J connectivity index is 0.891.